The van der Waals surface area contributed by atoms with Crippen LogP contribution in [0, 0.1) is 5.92 Å². The van der Waals surface area contributed by atoms with Crippen LogP contribution in [0.1, 0.15) is 35.7 Å². The Morgan fingerprint density at radius 1 is 1.21 bits per heavy atom. The van der Waals surface area contributed by atoms with Crippen molar-refractivity contribution in [1.29, 1.82) is 0 Å². The predicted octanol–water partition coefficient (Wildman–Crippen LogP) is 1.97. The number of nitrogens with zero attached hydrogens (tertiary/aromatic N) is 1. The molecular formula is C19H24N2O3. The highest BCUT2D eigenvalue weighted by atomic mass is 16.2. The fraction of sp³-hybridized carbons (Fsp3) is 0.421. The Bertz CT molecular complexity index is 614. The summed E-state index contributed by atoms with van der Waals surface area (Å²) in [6.07, 6.45) is 3.44. The highest BCUT2D eigenvalue weighted by Gasteiger charge is 2.26. The average Bonchev–Trinajstić information content (AvgIpc) is 2.61. The van der Waals surface area contributed by atoms with Gasteiger partial charge in [0.25, 0.3) is 0 Å². The van der Waals surface area contributed by atoms with E-state index in [1.807, 2.05) is 24.3 Å². The average molecular weight is 328 g/mol. The number of carbonyl (C=O) groups is 3. The Morgan fingerprint density at radius 3 is 2.38 bits per heavy atom. The molecule has 24 heavy (non-hydrogen) atoms. The molecule has 2 rings (SSSR count). The molecule has 1 fully saturated rings. The lowest BCUT2D eigenvalue weighted by molar-refractivity contribution is -0.132. The molecule has 128 valence electrons. The van der Waals surface area contributed by atoms with Gasteiger partial charge in [0.15, 0.2) is 5.78 Å². The molecule has 1 N–H and O–H groups in total. The Hall–Kier alpha value is -2.43. The van der Waals surface area contributed by atoms with E-state index in [9.17, 15) is 14.4 Å². The standard InChI is InChI=1S/C19H24N2O3/c1-3-18(23)21-12-9-17(10-13-21)19(24)20-11-8-15-4-6-16(7-5-15)14(2)22/h3-7,17H,1,8-13H2,2H3,(H,20,24). The lowest BCUT2D eigenvalue weighted by Crippen LogP contribution is -2.42. The van der Waals surface area contributed by atoms with E-state index in [4.69, 9.17) is 0 Å². The minimum Gasteiger partial charge on any atom is -0.356 e. The van der Waals surface area contributed by atoms with E-state index in [2.05, 4.69) is 11.9 Å². The molecule has 1 aliphatic heterocycles. The van der Waals surface area contributed by atoms with Crippen LogP contribution in [0.4, 0.5) is 0 Å². The van der Waals surface area contributed by atoms with Crippen molar-refractivity contribution < 1.29 is 14.4 Å². The first-order valence-electron chi connectivity index (χ1n) is 8.30. The zero-order valence-corrected chi connectivity index (χ0v) is 14.1. The van der Waals surface area contributed by atoms with Gasteiger partial charge in [0, 0.05) is 31.1 Å². The number of amides is 2. The van der Waals surface area contributed by atoms with Crippen LogP contribution in [-0.4, -0.2) is 42.1 Å². The van der Waals surface area contributed by atoms with Crippen LogP contribution in [0.5, 0.6) is 0 Å². The second kappa shape index (κ2) is 8.43. The van der Waals surface area contributed by atoms with Crippen molar-refractivity contribution in [3.05, 3.63) is 48.0 Å². The monoisotopic (exact) mass is 328 g/mol. The Labute approximate surface area is 142 Å². The van der Waals surface area contributed by atoms with Gasteiger partial charge in [-0.2, -0.15) is 0 Å². The molecule has 1 aliphatic rings. The molecule has 0 saturated carbocycles. The predicted molar refractivity (Wildman–Crippen MR) is 92.7 cm³/mol. The minimum absolute atomic E-state index is 0.0287. The molecule has 0 atom stereocenters. The van der Waals surface area contributed by atoms with Gasteiger partial charge in [-0.1, -0.05) is 30.8 Å². The zero-order chi connectivity index (χ0) is 17.5. The molecule has 1 aromatic carbocycles. The van der Waals surface area contributed by atoms with Crippen LogP contribution in [0.15, 0.2) is 36.9 Å². The van der Waals surface area contributed by atoms with Crippen molar-refractivity contribution in [3.63, 3.8) is 0 Å². The number of hydrogen-bond acceptors (Lipinski definition) is 3. The van der Waals surface area contributed by atoms with Crippen LogP contribution in [-0.2, 0) is 16.0 Å². The number of hydrogen-bond donors (Lipinski definition) is 1. The van der Waals surface area contributed by atoms with Crippen molar-refractivity contribution in [1.82, 2.24) is 10.2 Å². The van der Waals surface area contributed by atoms with Gasteiger partial charge in [0.1, 0.15) is 0 Å². The third-order valence-electron chi connectivity index (χ3n) is 4.43. The van der Waals surface area contributed by atoms with Crippen molar-refractivity contribution in [3.8, 4) is 0 Å². The number of nitrogens with one attached hydrogen (secondary N) is 1. The summed E-state index contributed by atoms with van der Waals surface area (Å²) in [5.41, 5.74) is 1.79. The largest absolute Gasteiger partial charge is 0.356 e. The van der Waals surface area contributed by atoms with Gasteiger partial charge >= 0.3 is 0 Å². The molecule has 1 aromatic rings. The maximum Gasteiger partial charge on any atom is 0.245 e. The summed E-state index contributed by atoms with van der Waals surface area (Å²) in [6.45, 7) is 6.82. The lowest BCUT2D eigenvalue weighted by Gasteiger charge is -2.30. The first-order valence-corrected chi connectivity index (χ1v) is 8.30. The fourth-order valence-electron chi connectivity index (χ4n) is 2.87. The van der Waals surface area contributed by atoms with E-state index in [0.717, 1.165) is 12.0 Å². The maximum absolute atomic E-state index is 12.2. The van der Waals surface area contributed by atoms with E-state index >= 15 is 0 Å². The van der Waals surface area contributed by atoms with Gasteiger partial charge in [-0.3, -0.25) is 14.4 Å². The Balaban J connectivity index is 1.73. The number of benzene rings is 1. The molecule has 2 amide bonds. The summed E-state index contributed by atoms with van der Waals surface area (Å²) in [7, 11) is 0. The Morgan fingerprint density at radius 2 is 1.83 bits per heavy atom. The fourth-order valence-corrected chi connectivity index (χ4v) is 2.87. The van der Waals surface area contributed by atoms with E-state index in [0.29, 0.717) is 38.0 Å². The van der Waals surface area contributed by atoms with Gasteiger partial charge in [-0.15, -0.1) is 0 Å². The number of rotatable bonds is 6. The van der Waals surface area contributed by atoms with Crippen molar-refractivity contribution in [2.75, 3.05) is 19.6 Å². The van der Waals surface area contributed by atoms with Gasteiger partial charge in [0.05, 0.1) is 0 Å². The van der Waals surface area contributed by atoms with Crippen molar-refractivity contribution in [2.45, 2.75) is 26.2 Å². The normalized spacial score (nSPS) is 15.0. The minimum atomic E-state index is -0.0668. The third-order valence-corrected chi connectivity index (χ3v) is 4.43. The van der Waals surface area contributed by atoms with Crippen LogP contribution < -0.4 is 5.32 Å². The van der Waals surface area contributed by atoms with Crippen molar-refractivity contribution >= 4 is 17.6 Å². The molecular weight excluding hydrogens is 304 g/mol. The van der Waals surface area contributed by atoms with Crippen LogP contribution >= 0.6 is 0 Å². The van der Waals surface area contributed by atoms with E-state index in [1.54, 1.807) is 11.8 Å². The first-order chi connectivity index (χ1) is 11.5. The van der Waals surface area contributed by atoms with Crippen LogP contribution in [0.3, 0.4) is 0 Å². The number of piperidine rings is 1. The van der Waals surface area contributed by atoms with Crippen molar-refractivity contribution in [2.24, 2.45) is 5.92 Å². The quantitative estimate of drug-likeness (QED) is 0.641. The SMILES string of the molecule is C=CC(=O)N1CCC(C(=O)NCCc2ccc(C(C)=O)cc2)CC1. The highest BCUT2D eigenvalue weighted by molar-refractivity contribution is 5.94. The first kappa shape index (κ1) is 17.9. The molecule has 0 bridgehead atoms. The molecule has 0 unspecified atom stereocenters. The molecule has 0 aliphatic carbocycles. The smallest absolute Gasteiger partial charge is 0.245 e. The molecule has 0 aromatic heterocycles. The number of likely N-dealkylation sites (tertiary alicyclic amines) is 1. The van der Waals surface area contributed by atoms with Crippen LogP contribution in [0.2, 0.25) is 0 Å². The van der Waals surface area contributed by atoms with E-state index in [1.165, 1.54) is 6.08 Å². The number of ketones is 1. The van der Waals surface area contributed by atoms with Gasteiger partial charge in [0.2, 0.25) is 11.8 Å². The second-order valence-corrected chi connectivity index (χ2v) is 6.10. The van der Waals surface area contributed by atoms with Crippen LogP contribution in [0.25, 0.3) is 0 Å². The molecule has 1 heterocycles. The summed E-state index contributed by atoms with van der Waals surface area (Å²) in [6, 6.07) is 7.46. The molecule has 0 spiro atoms. The summed E-state index contributed by atoms with van der Waals surface area (Å²) < 4.78 is 0. The van der Waals surface area contributed by atoms with E-state index < -0.39 is 0 Å². The summed E-state index contributed by atoms with van der Waals surface area (Å²) >= 11 is 0. The summed E-state index contributed by atoms with van der Waals surface area (Å²) in [5, 5.41) is 2.97. The molecule has 1 saturated heterocycles. The summed E-state index contributed by atoms with van der Waals surface area (Å²) in [4.78, 5) is 36.7. The highest BCUT2D eigenvalue weighted by Crippen LogP contribution is 2.17. The van der Waals surface area contributed by atoms with Gasteiger partial charge in [-0.25, -0.2) is 0 Å². The third kappa shape index (κ3) is 4.78. The van der Waals surface area contributed by atoms with E-state index in [-0.39, 0.29) is 23.5 Å². The topological polar surface area (TPSA) is 66.5 Å². The number of carbonyl (C=O) groups excluding carboxylic acids is 3. The zero-order valence-electron chi connectivity index (χ0n) is 14.1. The molecule has 5 heteroatoms. The van der Waals surface area contributed by atoms with Gasteiger partial charge < -0.3 is 10.2 Å². The lowest BCUT2D eigenvalue weighted by atomic mass is 9.95. The Kier molecular flexibility index (Phi) is 6.29. The number of Topliss-reactive ketones (excluding diaryl/α,β-unsaturated/α-hetero) is 1. The summed E-state index contributed by atoms with van der Waals surface area (Å²) in [5.74, 6) is 0.0130. The maximum atomic E-state index is 12.2. The molecule has 0 radical (unpaired) electrons. The molecule has 5 nitrogen and oxygen atoms in total. The second-order valence-electron chi connectivity index (χ2n) is 6.10. The van der Waals surface area contributed by atoms with Gasteiger partial charge in [-0.05, 0) is 37.8 Å².